The lowest BCUT2D eigenvalue weighted by atomic mass is 10.1. The molecule has 0 radical (unpaired) electrons. The van der Waals surface area contributed by atoms with Crippen molar-refractivity contribution in [2.24, 2.45) is 4.99 Å². The van der Waals surface area contributed by atoms with E-state index in [0.717, 1.165) is 36.9 Å². The Bertz CT molecular complexity index is 817. The Hall–Kier alpha value is -2.73. The highest BCUT2D eigenvalue weighted by atomic mass is 16.5. The Kier molecular flexibility index (Phi) is 9.03. The smallest absolute Gasteiger partial charge is 0.192 e. The molecular formula is C25H36N4O2. The van der Waals surface area contributed by atoms with Crippen molar-refractivity contribution in [1.82, 2.24) is 10.6 Å². The number of rotatable bonds is 10. The number of nitrogens with one attached hydrogen (secondary N) is 2. The molecule has 3 rings (SSSR count). The molecule has 2 N–H and O–H groups in total. The number of hydrogen-bond acceptors (Lipinski definition) is 4. The average molecular weight is 425 g/mol. The van der Waals surface area contributed by atoms with E-state index in [9.17, 15) is 0 Å². The summed E-state index contributed by atoms with van der Waals surface area (Å²) in [5.41, 5.74) is 3.73. The van der Waals surface area contributed by atoms with Gasteiger partial charge in [-0.05, 0) is 62.1 Å². The van der Waals surface area contributed by atoms with E-state index in [4.69, 9.17) is 14.5 Å². The summed E-state index contributed by atoms with van der Waals surface area (Å²) in [5.74, 6) is 1.67. The summed E-state index contributed by atoms with van der Waals surface area (Å²) in [7, 11) is 1.67. The second-order valence-electron chi connectivity index (χ2n) is 7.84. The number of guanidine groups is 1. The molecule has 6 heteroatoms. The Labute approximate surface area is 186 Å². The third-order valence-electron chi connectivity index (χ3n) is 5.44. The van der Waals surface area contributed by atoms with Crippen molar-refractivity contribution in [3.05, 3.63) is 59.7 Å². The van der Waals surface area contributed by atoms with E-state index in [0.29, 0.717) is 19.8 Å². The lowest BCUT2D eigenvalue weighted by Crippen LogP contribution is -2.38. The highest BCUT2D eigenvalue weighted by Crippen LogP contribution is 2.24. The third-order valence-corrected chi connectivity index (χ3v) is 5.44. The molecule has 1 saturated heterocycles. The van der Waals surface area contributed by atoms with Crippen LogP contribution >= 0.6 is 0 Å². The number of hydrogen-bond donors (Lipinski definition) is 2. The van der Waals surface area contributed by atoms with Gasteiger partial charge in [0.05, 0.1) is 19.2 Å². The van der Waals surface area contributed by atoms with Gasteiger partial charge in [-0.3, -0.25) is 0 Å². The van der Waals surface area contributed by atoms with Crippen molar-refractivity contribution in [2.75, 3.05) is 44.9 Å². The summed E-state index contributed by atoms with van der Waals surface area (Å²) in [6, 6.07) is 17.1. The number of benzene rings is 2. The highest BCUT2D eigenvalue weighted by molar-refractivity contribution is 5.80. The number of nitrogens with zero attached hydrogens (tertiary/aromatic N) is 2. The number of methoxy groups -OCH3 is 1. The first-order valence-corrected chi connectivity index (χ1v) is 11.3. The Balaban J connectivity index is 1.59. The van der Waals surface area contributed by atoms with Gasteiger partial charge in [-0.15, -0.1) is 0 Å². The van der Waals surface area contributed by atoms with Gasteiger partial charge in [0.2, 0.25) is 0 Å². The standard InChI is InChI=1S/C25H36N4O2/c1-4-26-25(27-19-21-10-12-24(13-11-21)31-17-16-30-3)28-20(2)22-8-7-9-23(18-22)29-14-5-6-15-29/h7-13,18,20H,4-6,14-17,19H2,1-3H3,(H2,26,27,28). The monoisotopic (exact) mass is 424 g/mol. The maximum Gasteiger partial charge on any atom is 0.192 e. The zero-order valence-corrected chi connectivity index (χ0v) is 19.1. The van der Waals surface area contributed by atoms with E-state index in [2.05, 4.69) is 65.8 Å². The normalized spacial score (nSPS) is 15.1. The van der Waals surface area contributed by atoms with Crippen molar-refractivity contribution in [1.29, 1.82) is 0 Å². The summed E-state index contributed by atoms with van der Waals surface area (Å²) in [6.07, 6.45) is 2.57. The number of ether oxygens (including phenoxy) is 2. The molecule has 0 amide bonds. The molecule has 2 aromatic carbocycles. The summed E-state index contributed by atoms with van der Waals surface area (Å²) < 4.78 is 10.6. The molecule has 1 aliphatic rings. The SMILES string of the molecule is CCNC(=NCc1ccc(OCCOC)cc1)NC(C)c1cccc(N2CCCC2)c1. The summed E-state index contributed by atoms with van der Waals surface area (Å²) >= 11 is 0. The molecule has 168 valence electrons. The minimum atomic E-state index is 0.164. The second kappa shape index (κ2) is 12.2. The van der Waals surface area contributed by atoms with Gasteiger partial charge >= 0.3 is 0 Å². The summed E-state index contributed by atoms with van der Waals surface area (Å²) in [5, 5.41) is 6.91. The van der Waals surface area contributed by atoms with Crippen molar-refractivity contribution in [3.8, 4) is 5.75 Å². The molecule has 1 fully saturated rings. The van der Waals surface area contributed by atoms with Crippen LogP contribution in [0.3, 0.4) is 0 Å². The molecule has 2 aromatic rings. The van der Waals surface area contributed by atoms with Crippen LogP contribution in [-0.2, 0) is 11.3 Å². The van der Waals surface area contributed by atoms with Crippen LogP contribution in [0.25, 0.3) is 0 Å². The van der Waals surface area contributed by atoms with Crippen LogP contribution in [0.2, 0.25) is 0 Å². The molecule has 0 bridgehead atoms. The van der Waals surface area contributed by atoms with Crippen LogP contribution in [0.15, 0.2) is 53.5 Å². The van der Waals surface area contributed by atoms with E-state index < -0.39 is 0 Å². The maximum atomic E-state index is 5.62. The van der Waals surface area contributed by atoms with Crippen LogP contribution in [0, 0.1) is 0 Å². The maximum absolute atomic E-state index is 5.62. The van der Waals surface area contributed by atoms with Crippen LogP contribution in [0.5, 0.6) is 5.75 Å². The van der Waals surface area contributed by atoms with Gasteiger partial charge in [-0.1, -0.05) is 24.3 Å². The van der Waals surface area contributed by atoms with Gasteiger partial charge in [-0.2, -0.15) is 0 Å². The van der Waals surface area contributed by atoms with E-state index in [-0.39, 0.29) is 6.04 Å². The fraction of sp³-hybridized carbons (Fsp3) is 0.480. The van der Waals surface area contributed by atoms with Crippen molar-refractivity contribution in [3.63, 3.8) is 0 Å². The molecule has 31 heavy (non-hydrogen) atoms. The fourth-order valence-electron chi connectivity index (χ4n) is 3.68. The van der Waals surface area contributed by atoms with Crippen molar-refractivity contribution in [2.45, 2.75) is 39.3 Å². The zero-order chi connectivity index (χ0) is 21.9. The van der Waals surface area contributed by atoms with Gasteiger partial charge in [-0.25, -0.2) is 4.99 Å². The Morgan fingerprint density at radius 1 is 1.10 bits per heavy atom. The fourth-order valence-corrected chi connectivity index (χ4v) is 3.68. The van der Waals surface area contributed by atoms with Gasteiger partial charge in [0, 0.05) is 32.4 Å². The minimum Gasteiger partial charge on any atom is -0.491 e. The van der Waals surface area contributed by atoms with Gasteiger partial charge in [0.25, 0.3) is 0 Å². The third kappa shape index (κ3) is 7.17. The predicted octanol–water partition coefficient (Wildman–Crippen LogP) is 4.13. The van der Waals surface area contributed by atoms with Gasteiger partial charge in [0.1, 0.15) is 12.4 Å². The van der Waals surface area contributed by atoms with Gasteiger partial charge < -0.3 is 25.0 Å². The molecule has 6 nitrogen and oxygen atoms in total. The quantitative estimate of drug-likeness (QED) is 0.341. The van der Waals surface area contributed by atoms with Crippen LogP contribution in [0.1, 0.15) is 43.9 Å². The largest absolute Gasteiger partial charge is 0.491 e. The predicted molar refractivity (Wildman–Crippen MR) is 128 cm³/mol. The lowest BCUT2D eigenvalue weighted by Gasteiger charge is -2.22. The zero-order valence-electron chi connectivity index (χ0n) is 19.1. The Morgan fingerprint density at radius 3 is 2.58 bits per heavy atom. The van der Waals surface area contributed by atoms with E-state index in [1.54, 1.807) is 7.11 Å². The molecule has 0 aliphatic carbocycles. The molecular weight excluding hydrogens is 388 g/mol. The molecule has 1 aliphatic heterocycles. The highest BCUT2D eigenvalue weighted by Gasteiger charge is 2.14. The molecule has 0 spiro atoms. The first kappa shape index (κ1) is 22.9. The van der Waals surface area contributed by atoms with E-state index in [1.807, 2.05) is 12.1 Å². The average Bonchev–Trinajstić information content (AvgIpc) is 3.34. The van der Waals surface area contributed by atoms with Crippen molar-refractivity contribution >= 4 is 11.6 Å². The van der Waals surface area contributed by atoms with Gasteiger partial charge in [0.15, 0.2) is 5.96 Å². The molecule has 1 atom stereocenters. The first-order chi connectivity index (χ1) is 15.2. The van der Waals surface area contributed by atoms with Crippen LogP contribution in [-0.4, -0.2) is 45.9 Å². The number of anilines is 1. The van der Waals surface area contributed by atoms with Crippen LogP contribution in [0.4, 0.5) is 5.69 Å². The van der Waals surface area contributed by atoms with E-state index in [1.165, 1.54) is 24.1 Å². The first-order valence-electron chi connectivity index (χ1n) is 11.3. The van der Waals surface area contributed by atoms with E-state index >= 15 is 0 Å². The molecule has 0 saturated carbocycles. The molecule has 1 heterocycles. The molecule has 1 unspecified atom stereocenters. The lowest BCUT2D eigenvalue weighted by molar-refractivity contribution is 0.146. The summed E-state index contributed by atoms with van der Waals surface area (Å²) in [6.45, 7) is 9.15. The Morgan fingerprint density at radius 2 is 1.87 bits per heavy atom. The van der Waals surface area contributed by atoms with Crippen LogP contribution < -0.4 is 20.3 Å². The minimum absolute atomic E-state index is 0.164. The topological polar surface area (TPSA) is 58.1 Å². The molecule has 0 aromatic heterocycles. The summed E-state index contributed by atoms with van der Waals surface area (Å²) in [4.78, 5) is 7.25. The second-order valence-corrected chi connectivity index (χ2v) is 7.84. The van der Waals surface area contributed by atoms with Crippen molar-refractivity contribution < 1.29 is 9.47 Å². The number of aliphatic imine (C=N–C) groups is 1.